The standard InChI is InChI=1S/C16H11ClN2O3.C11H6F3N3.C10H7N3O.C10H6N2OS.C6H2Cl3N3.C5H6N4O/c17-11-6-2-3-7-12(11)18-14(20)9-15-19-16(21)10-5-1-4-8-13(10)22-15;1-15-6-9-7-4-2-3-5-8(7)16-10(17-9)11(12,13)14;11-6-5-9-12-8-4-2-1-3-7(8)10(14)13-9;11-6-5-9-12-10(13)7-3-1-2-4-8(7)14-9;7-4-3(1-2-10)11-6(9)12-5(4)8;6-4(10)1-5-8-2-7-3-9-5/h1-8H,9H2,(H,18,20);2-5H,6H2;1-4H,5H2,(H,12,13,14);1-4H,5H2;1H2;2-3H,1H2,(H2,6,10). The summed E-state index contributed by atoms with van der Waals surface area (Å²) in [6, 6.07) is 40.1. The number of hydrogen-bond donors (Lipinski definition) is 3. The van der Waals surface area contributed by atoms with Gasteiger partial charge in [0.1, 0.15) is 52.0 Å². The molecule has 0 bridgehead atoms. The summed E-state index contributed by atoms with van der Waals surface area (Å²) >= 11 is 24.1. The van der Waals surface area contributed by atoms with Gasteiger partial charge in [-0.05, 0) is 66.2 Å². The van der Waals surface area contributed by atoms with E-state index in [1.807, 2.05) is 42.5 Å². The minimum atomic E-state index is -4.60. The number of para-hydroxylation sites is 4. The maximum absolute atomic E-state index is 12.5. The topological polar surface area (TPSA) is 357 Å². The maximum atomic E-state index is 12.5. The molecule has 5 aromatic carbocycles. The third-order valence-electron chi connectivity index (χ3n) is 10.9. The van der Waals surface area contributed by atoms with Crippen LogP contribution in [0.3, 0.4) is 0 Å². The van der Waals surface area contributed by atoms with E-state index in [4.69, 9.17) is 78.9 Å². The third-order valence-corrected chi connectivity index (χ3v) is 13.2. The Hall–Kier alpha value is -10.8. The molecule has 2 amide bonds. The lowest BCUT2D eigenvalue weighted by Gasteiger charge is -2.07. The van der Waals surface area contributed by atoms with Crippen molar-refractivity contribution in [3.63, 3.8) is 0 Å². The number of amides is 2. The van der Waals surface area contributed by atoms with Crippen molar-refractivity contribution < 1.29 is 27.2 Å². The van der Waals surface area contributed by atoms with Gasteiger partial charge >= 0.3 is 6.18 Å². The number of carbonyl (C=O) groups excluding carboxylic acids is 2. The Morgan fingerprint density at radius 1 is 0.674 bits per heavy atom. The van der Waals surface area contributed by atoms with E-state index < -0.39 is 23.5 Å². The van der Waals surface area contributed by atoms with Gasteiger partial charge in [-0.15, -0.1) is 11.3 Å². The summed E-state index contributed by atoms with van der Waals surface area (Å²) in [5, 5.41) is 31.3. The van der Waals surface area contributed by atoms with Crippen LogP contribution in [-0.4, -0.2) is 66.6 Å². The van der Waals surface area contributed by atoms with E-state index in [0.29, 0.717) is 65.7 Å². The van der Waals surface area contributed by atoms with Crippen LogP contribution in [0.25, 0.3) is 47.7 Å². The average Bonchev–Trinajstić information content (AvgIpc) is 3.52. The van der Waals surface area contributed by atoms with Gasteiger partial charge in [-0.3, -0.25) is 24.0 Å². The lowest BCUT2D eigenvalue weighted by atomic mass is 10.2. The lowest BCUT2D eigenvalue weighted by molar-refractivity contribution is -0.144. The van der Waals surface area contributed by atoms with Crippen LogP contribution in [0.15, 0.2) is 153 Å². The van der Waals surface area contributed by atoms with Crippen LogP contribution in [0.2, 0.25) is 20.5 Å². The predicted molar refractivity (Wildman–Crippen MR) is 325 cm³/mol. The molecule has 0 unspecified atom stereocenters. The molecule has 0 aliphatic carbocycles. The number of halogens is 7. The van der Waals surface area contributed by atoms with Gasteiger partial charge in [-0.2, -0.15) is 33.9 Å². The number of nitriles is 3. The van der Waals surface area contributed by atoms with Crippen molar-refractivity contribution in [3.05, 3.63) is 237 Å². The first-order valence-corrected chi connectivity index (χ1v) is 27.4. The highest BCUT2D eigenvalue weighted by Gasteiger charge is 2.35. The average molecular weight is 1300 g/mol. The third kappa shape index (κ3) is 20.4. The zero-order valence-corrected chi connectivity index (χ0v) is 49.1. The molecular weight excluding hydrogens is 1260 g/mol. The van der Waals surface area contributed by atoms with Gasteiger partial charge in [0.2, 0.25) is 28.8 Å². The normalized spacial score (nSPS) is 10.2. The van der Waals surface area contributed by atoms with Crippen molar-refractivity contribution in [2.45, 2.75) is 44.8 Å². The molecule has 23 nitrogen and oxygen atoms in total. The van der Waals surface area contributed by atoms with Gasteiger partial charge < -0.3 is 25.3 Å². The van der Waals surface area contributed by atoms with E-state index in [1.54, 1.807) is 91.0 Å². The number of nitrogens with two attached hydrogens (primary N) is 1. The van der Waals surface area contributed by atoms with E-state index in [-0.39, 0.29) is 88.2 Å². The number of nitrogens with one attached hydrogen (secondary N) is 2. The molecule has 6 aromatic heterocycles. The molecule has 446 valence electrons. The predicted octanol–water partition coefficient (Wildman–Crippen LogP) is 10.2. The molecule has 11 rings (SSSR count). The number of aromatic nitrogens is 11. The van der Waals surface area contributed by atoms with Gasteiger partial charge in [-0.1, -0.05) is 102 Å². The first-order chi connectivity index (χ1) is 42.7. The van der Waals surface area contributed by atoms with Gasteiger partial charge in [0, 0.05) is 10.1 Å². The number of rotatable bonds is 9. The van der Waals surface area contributed by atoms with Crippen molar-refractivity contribution in [2.24, 2.45) is 5.73 Å². The Balaban J connectivity index is 0.000000173. The van der Waals surface area contributed by atoms with Crippen molar-refractivity contribution in [3.8, 4) is 18.2 Å². The lowest BCUT2D eigenvalue weighted by Crippen LogP contribution is -2.18. The maximum Gasteiger partial charge on any atom is 0.451 e. The molecule has 11 aromatic rings. The summed E-state index contributed by atoms with van der Waals surface area (Å²) in [6.07, 6.45) is -1.63. The van der Waals surface area contributed by atoms with Crippen LogP contribution in [0.1, 0.15) is 39.8 Å². The highest BCUT2D eigenvalue weighted by atomic mass is 35.5. The quantitative estimate of drug-likeness (QED) is 0.0686. The van der Waals surface area contributed by atoms with E-state index >= 15 is 0 Å². The number of alkyl halides is 3. The molecule has 6 heterocycles. The number of fused-ring (bicyclic) bond motifs is 4. The Morgan fingerprint density at radius 2 is 1.27 bits per heavy atom. The number of aromatic amines is 1. The Labute approximate surface area is 523 Å². The molecule has 0 spiro atoms. The first-order valence-electron chi connectivity index (χ1n) is 25.0. The monoisotopic (exact) mass is 1300 g/mol. The van der Waals surface area contributed by atoms with E-state index in [0.717, 1.165) is 4.70 Å². The van der Waals surface area contributed by atoms with Gasteiger partial charge in [0.15, 0.2) is 5.15 Å². The van der Waals surface area contributed by atoms with Crippen LogP contribution in [0.4, 0.5) is 18.9 Å². The second kappa shape index (κ2) is 33.2. The van der Waals surface area contributed by atoms with Crippen LogP contribution in [0, 0.1) is 40.6 Å². The zero-order chi connectivity index (χ0) is 64.5. The fraction of sp³-hybridized carbons (Fsp3) is 0.121. The van der Waals surface area contributed by atoms with E-state index in [1.165, 1.54) is 30.1 Å². The Kier molecular flexibility index (Phi) is 25.1. The van der Waals surface area contributed by atoms with Gasteiger partial charge in [0.25, 0.3) is 23.2 Å². The molecule has 0 fully saturated rings. The van der Waals surface area contributed by atoms with Crippen LogP contribution < -0.4 is 27.7 Å². The minimum absolute atomic E-state index is 0.00495. The van der Waals surface area contributed by atoms with Crippen LogP contribution >= 0.6 is 57.7 Å². The van der Waals surface area contributed by atoms with Gasteiger partial charge in [-0.25, -0.2) is 51.4 Å². The van der Waals surface area contributed by atoms with Crippen molar-refractivity contribution in [1.29, 1.82) is 15.8 Å². The second-order valence-corrected chi connectivity index (χ2v) is 19.7. The van der Waals surface area contributed by atoms with Crippen molar-refractivity contribution in [2.75, 3.05) is 5.32 Å². The molecule has 0 radical (unpaired) electrons. The van der Waals surface area contributed by atoms with E-state index in [9.17, 15) is 37.1 Å². The van der Waals surface area contributed by atoms with Gasteiger partial charge in [0.05, 0.1) is 87.5 Å². The molecule has 0 saturated heterocycles. The zero-order valence-electron chi connectivity index (χ0n) is 45.3. The molecule has 0 saturated carbocycles. The SMILES string of the molecule is N#CCc1nc(=O)c2ccccc2s1.N#CCc1nc(Cl)nc(Cl)c1Cl.N#CCc1nc2ccccc2c(=O)[nH]1.NC(=O)Cc1ncncn1.O=C(Cc1nc(=O)c2ccccc2o1)Nc1ccccc1Cl.[C-]#[N+]Cc1nc(C(F)(F)F)nc2ccccc12. The molecule has 0 atom stereocenters. The van der Waals surface area contributed by atoms with Crippen molar-refractivity contribution >= 4 is 118 Å². The summed E-state index contributed by atoms with van der Waals surface area (Å²) in [4.78, 5) is 99.7. The fourth-order valence-corrected chi connectivity index (χ4v) is 8.80. The number of H-pyrrole nitrogens is 1. The molecule has 0 aliphatic rings. The highest BCUT2D eigenvalue weighted by Crippen LogP contribution is 2.29. The van der Waals surface area contributed by atoms with E-state index in [2.05, 4.69) is 65.0 Å². The number of benzene rings is 5. The summed E-state index contributed by atoms with van der Waals surface area (Å²) in [5.41, 5.74) is 6.22. The highest BCUT2D eigenvalue weighted by molar-refractivity contribution is 7.18. The first kappa shape index (κ1) is 67.3. The number of hydrogen-bond acceptors (Lipinski definition) is 20. The Morgan fingerprint density at radius 3 is 1.92 bits per heavy atom. The number of primary amides is 1. The number of anilines is 1. The molecule has 4 N–H and O–H groups in total. The summed E-state index contributed by atoms with van der Waals surface area (Å²) in [6.45, 7) is 6.54. The molecular formula is C58H38Cl4F3N17O6S. The summed E-state index contributed by atoms with van der Waals surface area (Å²) in [5.74, 6) is -1.12. The largest absolute Gasteiger partial charge is 0.451 e. The molecule has 31 heteroatoms. The smallest absolute Gasteiger partial charge is 0.441 e. The summed E-state index contributed by atoms with van der Waals surface area (Å²) < 4.78 is 44.0. The second-order valence-electron chi connectivity index (χ2n) is 17.1. The van der Waals surface area contributed by atoms with Crippen molar-refractivity contribution in [1.82, 2.24) is 54.8 Å². The molecule has 0 aliphatic heterocycles. The minimum Gasteiger partial charge on any atom is -0.441 e. The fourth-order valence-electron chi connectivity index (χ4n) is 7.12. The number of nitrogens with zero attached hydrogens (tertiary/aromatic N) is 14. The van der Waals surface area contributed by atoms with Crippen LogP contribution in [0.5, 0.6) is 0 Å². The molecule has 89 heavy (non-hydrogen) atoms. The number of carbonyl (C=O) groups is 2. The summed E-state index contributed by atoms with van der Waals surface area (Å²) in [7, 11) is 0. The Bertz CT molecular complexity index is 4610. The van der Waals surface area contributed by atoms with Crippen LogP contribution in [-0.2, 0) is 54.4 Å².